The number of aromatic nitrogens is 1. The van der Waals surface area contributed by atoms with E-state index in [0.717, 1.165) is 42.9 Å². The van der Waals surface area contributed by atoms with Crippen molar-refractivity contribution in [1.82, 2.24) is 10.1 Å². The number of amides is 2. The molecule has 0 saturated carbocycles. The molecule has 2 aromatic rings. The van der Waals surface area contributed by atoms with Crippen molar-refractivity contribution >= 4 is 11.7 Å². The molecule has 5 nitrogen and oxygen atoms in total. The Hall–Kier alpha value is -2.30. The molecule has 1 aromatic carbocycles. The summed E-state index contributed by atoms with van der Waals surface area (Å²) in [6, 6.07) is 9.90. The van der Waals surface area contributed by atoms with Crippen LogP contribution in [0.4, 0.5) is 10.5 Å². The van der Waals surface area contributed by atoms with Crippen molar-refractivity contribution in [3.63, 3.8) is 0 Å². The molecule has 2 heterocycles. The van der Waals surface area contributed by atoms with Crippen LogP contribution in [-0.2, 0) is 6.42 Å². The first-order chi connectivity index (χ1) is 11.6. The summed E-state index contributed by atoms with van der Waals surface area (Å²) < 4.78 is 5.40. The Morgan fingerprint density at radius 1 is 1.38 bits per heavy atom. The first-order valence-electron chi connectivity index (χ1n) is 8.71. The van der Waals surface area contributed by atoms with Gasteiger partial charge in [0.1, 0.15) is 11.5 Å². The van der Waals surface area contributed by atoms with E-state index < -0.39 is 0 Å². The largest absolute Gasteiger partial charge is 0.361 e. The van der Waals surface area contributed by atoms with Crippen LogP contribution in [0.5, 0.6) is 0 Å². The molecule has 0 unspecified atom stereocenters. The van der Waals surface area contributed by atoms with Gasteiger partial charge >= 0.3 is 6.03 Å². The second-order valence-electron chi connectivity index (χ2n) is 6.64. The van der Waals surface area contributed by atoms with Crippen molar-refractivity contribution in [3.05, 3.63) is 47.3 Å². The van der Waals surface area contributed by atoms with Crippen LogP contribution in [0.1, 0.15) is 62.6 Å². The van der Waals surface area contributed by atoms with Crippen molar-refractivity contribution in [2.75, 3.05) is 11.9 Å². The topological polar surface area (TPSA) is 58.4 Å². The summed E-state index contributed by atoms with van der Waals surface area (Å²) in [5.74, 6) is 1.17. The van der Waals surface area contributed by atoms with Crippen LogP contribution in [0.25, 0.3) is 0 Å². The third-order valence-corrected chi connectivity index (χ3v) is 4.58. The van der Waals surface area contributed by atoms with Gasteiger partial charge in [-0.15, -0.1) is 0 Å². The highest BCUT2D eigenvalue weighted by molar-refractivity contribution is 5.89. The average molecular weight is 327 g/mol. The molecule has 0 spiro atoms. The van der Waals surface area contributed by atoms with Crippen molar-refractivity contribution in [3.8, 4) is 0 Å². The number of anilines is 1. The van der Waals surface area contributed by atoms with E-state index in [2.05, 4.69) is 31.2 Å². The van der Waals surface area contributed by atoms with Gasteiger partial charge in [0.15, 0.2) is 0 Å². The van der Waals surface area contributed by atoms with E-state index in [4.69, 9.17) is 4.52 Å². The highest BCUT2D eigenvalue weighted by Crippen LogP contribution is 2.33. The number of urea groups is 1. The SMILES string of the molecule is CCc1ccc(NC(=O)N2CCC[C@H]2c2cc(C(C)C)on2)cc1. The summed E-state index contributed by atoms with van der Waals surface area (Å²) in [6.07, 6.45) is 2.90. The highest BCUT2D eigenvalue weighted by Gasteiger charge is 2.32. The van der Waals surface area contributed by atoms with Crippen LogP contribution < -0.4 is 5.32 Å². The monoisotopic (exact) mass is 327 g/mol. The van der Waals surface area contributed by atoms with E-state index in [0.29, 0.717) is 5.92 Å². The fourth-order valence-corrected chi connectivity index (χ4v) is 3.07. The first kappa shape index (κ1) is 16.6. The Labute approximate surface area is 143 Å². The molecule has 1 aromatic heterocycles. The van der Waals surface area contributed by atoms with Crippen LogP contribution in [0.2, 0.25) is 0 Å². The maximum Gasteiger partial charge on any atom is 0.322 e. The second-order valence-corrected chi connectivity index (χ2v) is 6.64. The van der Waals surface area contributed by atoms with Gasteiger partial charge in [0.2, 0.25) is 0 Å². The van der Waals surface area contributed by atoms with E-state index in [1.54, 1.807) is 0 Å². The Morgan fingerprint density at radius 3 is 2.75 bits per heavy atom. The van der Waals surface area contributed by atoms with Gasteiger partial charge in [-0.05, 0) is 37.0 Å². The lowest BCUT2D eigenvalue weighted by atomic mass is 10.1. The van der Waals surface area contributed by atoms with Crippen LogP contribution in [0.3, 0.4) is 0 Å². The van der Waals surface area contributed by atoms with Gasteiger partial charge in [0.05, 0.1) is 6.04 Å². The molecule has 1 aliphatic rings. The molecule has 0 radical (unpaired) electrons. The predicted molar refractivity (Wildman–Crippen MR) is 94.1 cm³/mol. The van der Waals surface area contributed by atoms with Gasteiger partial charge in [-0.3, -0.25) is 0 Å². The zero-order chi connectivity index (χ0) is 17.1. The number of carbonyl (C=O) groups is 1. The number of aryl methyl sites for hydroxylation is 1. The molecule has 3 rings (SSSR count). The van der Waals surface area contributed by atoms with Gasteiger partial charge in [-0.25, -0.2) is 4.79 Å². The summed E-state index contributed by atoms with van der Waals surface area (Å²) in [5, 5.41) is 7.18. The number of nitrogens with zero attached hydrogens (tertiary/aromatic N) is 2. The van der Waals surface area contributed by atoms with Crippen LogP contribution in [-0.4, -0.2) is 22.6 Å². The quantitative estimate of drug-likeness (QED) is 0.883. The summed E-state index contributed by atoms with van der Waals surface area (Å²) in [4.78, 5) is 14.5. The molecule has 2 amide bonds. The van der Waals surface area contributed by atoms with Crippen LogP contribution in [0.15, 0.2) is 34.9 Å². The van der Waals surface area contributed by atoms with Crippen molar-refractivity contribution in [1.29, 1.82) is 0 Å². The molecule has 24 heavy (non-hydrogen) atoms. The lowest BCUT2D eigenvalue weighted by Gasteiger charge is -2.23. The third-order valence-electron chi connectivity index (χ3n) is 4.58. The number of likely N-dealkylation sites (tertiary alicyclic amines) is 1. The van der Waals surface area contributed by atoms with E-state index in [1.165, 1.54) is 5.56 Å². The van der Waals surface area contributed by atoms with Crippen LogP contribution >= 0.6 is 0 Å². The van der Waals surface area contributed by atoms with Crippen molar-refractivity contribution in [2.24, 2.45) is 0 Å². The molecule has 1 saturated heterocycles. The smallest absolute Gasteiger partial charge is 0.322 e. The summed E-state index contributed by atoms with van der Waals surface area (Å²) in [7, 11) is 0. The molecule has 0 aliphatic carbocycles. The van der Waals surface area contributed by atoms with Crippen molar-refractivity contribution < 1.29 is 9.32 Å². The summed E-state index contributed by atoms with van der Waals surface area (Å²) in [5.41, 5.74) is 2.94. The zero-order valence-electron chi connectivity index (χ0n) is 14.6. The standard InChI is InChI=1S/C19H25N3O2/c1-4-14-7-9-15(10-8-14)20-19(23)22-11-5-6-17(22)16-12-18(13(2)3)24-21-16/h7-10,12-13,17H,4-6,11H2,1-3H3,(H,20,23)/t17-/m0/s1. The summed E-state index contributed by atoms with van der Waals surface area (Å²) in [6.45, 7) is 7.01. The van der Waals surface area contributed by atoms with Gasteiger partial charge in [0.25, 0.3) is 0 Å². The van der Waals surface area contributed by atoms with Gasteiger partial charge < -0.3 is 14.7 Å². The zero-order valence-corrected chi connectivity index (χ0v) is 14.6. The molecule has 5 heteroatoms. The van der Waals surface area contributed by atoms with E-state index >= 15 is 0 Å². The van der Waals surface area contributed by atoms with Crippen molar-refractivity contribution in [2.45, 2.75) is 52.0 Å². The maximum atomic E-state index is 12.7. The fraction of sp³-hybridized carbons (Fsp3) is 0.474. The number of nitrogens with one attached hydrogen (secondary N) is 1. The molecule has 1 fully saturated rings. The number of rotatable bonds is 4. The molecule has 1 atom stereocenters. The highest BCUT2D eigenvalue weighted by atomic mass is 16.5. The van der Waals surface area contributed by atoms with Gasteiger partial charge in [0, 0.05) is 24.2 Å². The summed E-state index contributed by atoms with van der Waals surface area (Å²) >= 11 is 0. The van der Waals surface area contributed by atoms with Crippen LogP contribution in [0, 0.1) is 0 Å². The molecule has 1 aliphatic heterocycles. The number of benzene rings is 1. The number of hydrogen-bond acceptors (Lipinski definition) is 3. The minimum Gasteiger partial charge on any atom is -0.361 e. The lowest BCUT2D eigenvalue weighted by Crippen LogP contribution is -2.34. The molecule has 128 valence electrons. The minimum absolute atomic E-state index is 0.00355. The minimum atomic E-state index is -0.0733. The Kier molecular flexibility index (Phi) is 4.88. The fourth-order valence-electron chi connectivity index (χ4n) is 3.07. The lowest BCUT2D eigenvalue weighted by molar-refractivity contribution is 0.204. The van der Waals surface area contributed by atoms with E-state index in [-0.39, 0.29) is 12.1 Å². The third kappa shape index (κ3) is 3.45. The first-order valence-corrected chi connectivity index (χ1v) is 8.71. The van der Waals surface area contributed by atoms with Gasteiger partial charge in [-0.1, -0.05) is 38.1 Å². The molecular formula is C19H25N3O2. The Morgan fingerprint density at radius 2 is 2.12 bits per heavy atom. The molecular weight excluding hydrogens is 302 g/mol. The number of hydrogen-bond donors (Lipinski definition) is 1. The second kappa shape index (κ2) is 7.07. The Bertz CT molecular complexity index is 691. The normalized spacial score (nSPS) is 17.5. The average Bonchev–Trinajstić information content (AvgIpc) is 3.24. The van der Waals surface area contributed by atoms with Gasteiger partial charge in [-0.2, -0.15) is 0 Å². The maximum absolute atomic E-state index is 12.7. The molecule has 1 N–H and O–H groups in total. The number of carbonyl (C=O) groups excluding carboxylic acids is 1. The van der Waals surface area contributed by atoms with E-state index in [9.17, 15) is 4.79 Å². The predicted octanol–water partition coefficient (Wildman–Crippen LogP) is 4.73. The molecule has 0 bridgehead atoms. The van der Waals surface area contributed by atoms with E-state index in [1.807, 2.05) is 35.2 Å². The Balaban J connectivity index is 1.70.